The number of hydrogen-bond donors (Lipinski definition) is 0. The molecule has 3 saturated carbocycles. The highest BCUT2D eigenvalue weighted by atomic mass is 16.6. The Balaban J connectivity index is 0.974. The van der Waals surface area contributed by atoms with Gasteiger partial charge in [0, 0.05) is 17.0 Å². The Morgan fingerprint density at radius 3 is 2.60 bits per heavy atom. The summed E-state index contributed by atoms with van der Waals surface area (Å²) in [5.74, 6) is 4.97. The van der Waals surface area contributed by atoms with Crippen molar-refractivity contribution in [3.05, 3.63) is 51.4 Å². The van der Waals surface area contributed by atoms with E-state index in [0.29, 0.717) is 22.7 Å². The normalized spacial score (nSPS) is 33.7. The van der Waals surface area contributed by atoms with E-state index >= 15 is 0 Å². The van der Waals surface area contributed by atoms with E-state index in [1.165, 1.54) is 51.4 Å². The molecule has 1 aromatic carbocycles. The van der Waals surface area contributed by atoms with E-state index in [9.17, 15) is 9.59 Å². The minimum absolute atomic E-state index is 0.0706. The molecule has 0 amide bonds. The summed E-state index contributed by atoms with van der Waals surface area (Å²) in [4.78, 5) is 25.7. The topological polar surface area (TPSA) is 65.7 Å². The van der Waals surface area contributed by atoms with Gasteiger partial charge in [0.2, 0.25) is 0 Å². The molecule has 0 N–H and O–H groups in total. The molecule has 0 radical (unpaired) electrons. The summed E-state index contributed by atoms with van der Waals surface area (Å²) in [5, 5.41) is 0.978. The zero-order chi connectivity index (χ0) is 32.9. The van der Waals surface area contributed by atoms with Gasteiger partial charge in [-0.15, -0.1) is 0 Å². The van der Waals surface area contributed by atoms with Gasteiger partial charge in [-0.25, -0.2) is 9.59 Å². The van der Waals surface area contributed by atoms with Gasteiger partial charge in [-0.2, -0.15) is 0 Å². The number of benzene rings is 1. The van der Waals surface area contributed by atoms with E-state index in [0.717, 1.165) is 91.0 Å². The second kappa shape index (κ2) is 13.0. The maximum atomic E-state index is 13.1. The summed E-state index contributed by atoms with van der Waals surface area (Å²) in [6.45, 7) is 12.3. The Hall–Kier alpha value is -2.56. The lowest BCUT2D eigenvalue weighted by Gasteiger charge is -2.58. The monoisotopic (exact) mass is 642 g/mol. The molecule has 5 aliphatic rings. The summed E-state index contributed by atoms with van der Waals surface area (Å²) < 4.78 is 17.7. The quantitative estimate of drug-likeness (QED) is 0.155. The van der Waals surface area contributed by atoms with E-state index in [1.54, 1.807) is 11.6 Å². The van der Waals surface area contributed by atoms with Crippen molar-refractivity contribution in [3.8, 4) is 5.75 Å². The number of ether oxygens (including phenoxy) is 2. The highest BCUT2D eigenvalue weighted by Gasteiger charge is 2.59. The summed E-state index contributed by atoms with van der Waals surface area (Å²) in [5.41, 5.74) is 4.44. The predicted molar refractivity (Wildman–Crippen MR) is 188 cm³/mol. The third kappa shape index (κ3) is 6.12. The van der Waals surface area contributed by atoms with E-state index in [2.05, 4.69) is 40.7 Å². The van der Waals surface area contributed by atoms with Crippen molar-refractivity contribution in [3.63, 3.8) is 0 Å². The number of fused-ring (bicyclic) bond motifs is 8. The van der Waals surface area contributed by atoms with Crippen molar-refractivity contribution in [1.82, 2.24) is 0 Å². The van der Waals surface area contributed by atoms with Crippen LogP contribution >= 0.6 is 0 Å². The molecule has 7 rings (SSSR count). The number of aryl methyl sites for hydroxylation is 1. The fourth-order valence-electron chi connectivity index (χ4n) is 11.7. The lowest BCUT2D eigenvalue weighted by atomic mass is 9.47. The third-order valence-electron chi connectivity index (χ3n) is 14.1. The molecule has 0 saturated heterocycles. The zero-order valence-electron chi connectivity index (χ0n) is 29.7. The molecule has 0 spiro atoms. The Kier molecular flexibility index (Phi) is 9.15. The largest absolute Gasteiger partial charge is 0.482 e. The average Bonchev–Trinajstić information content (AvgIpc) is 3.40. The molecule has 5 nitrogen and oxygen atoms in total. The van der Waals surface area contributed by atoms with E-state index in [1.807, 2.05) is 12.1 Å². The van der Waals surface area contributed by atoms with Crippen LogP contribution in [0.1, 0.15) is 129 Å². The lowest BCUT2D eigenvalue weighted by Crippen LogP contribution is -2.51. The second-order valence-corrected chi connectivity index (χ2v) is 17.1. The van der Waals surface area contributed by atoms with Crippen LogP contribution in [-0.4, -0.2) is 18.7 Å². The first-order valence-electron chi connectivity index (χ1n) is 19.2. The molecule has 5 aliphatic carbocycles. The predicted octanol–water partition coefficient (Wildman–Crippen LogP) is 10.0. The minimum atomic E-state index is -0.313. The van der Waals surface area contributed by atoms with Gasteiger partial charge in [-0.05, 0) is 141 Å². The van der Waals surface area contributed by atoms with Crippen molar-refractivity contribution >= 4 is 16.9 Å². The van der Waals surface area contributed by atoms with Gasteiger partial charge >= 0.3 is 11.6 Å². The molecule has 0 bridgehead atoms. The number of hydrogen-bond acceptors (Lipinski definition) is 5. The first-order valence-corrected chi connectivity index (χ1v) is 19.2. The highest BCUT2D eigenvalue weighted by molar-refractivity contribution is 5.83. The molecule has 47 heavy (non-hydrogen) atoms. The standard InChI is InChI=1S/C42H58O5/c1-26(2)9-8-10-27(3)35-19-20-36-34-17-14-28-13-15-30(24-42(28,5)37(34)21-22-41(35,36)4)46-39(43)25-45-29-16-18-32-31-11-6-7-12-33(31)40(44)47-38(32)23-29/h14,16,18,23,26-27,30,34-37H,6-13,15,17,19-22,24-25H2,1-5H3. The molecule has 3 fully saturated rings. The Morgan fingerprint density at radius 1 is 0.979 bits per heavy atom. The third-order valence-corrected chi connectivity index (χ3v) is 14.1. The molecule has 1 aromatic heterocycles. The van der Waals surface area contributed by atoms with Gasteiger partial charge in [-0.1, -0.05) is 65.5 Å². The van der Waals surface area contributed by atoms with Crippen molar-refractivity contribution in [1.29, 1.82) is 0 Å². The number of esters is 1. The van der Waals surface area contributed by atoms with Crippen LogP contribution in [0, 0.1) is 46.3 Å². The Bertz CT molecular complexity index is 1570. The number of allylic oxidation sites excluding steroid dienone is 2. The van der Waals surface area contributed by atoms with Crippen molar-refractivity contribution in [2.24, 2.45) is 46.3 Å². The molecular weight excluding hydrogens is 584 g/mol. The van der Waals surface area contributed by atoms with Crippen LogP contribution in [0.3, 0.4) is 0 Å². The van der Waals surface area contributed by atoms with Crippen LogP contribution in [0.5, 0.6) is 5.75 Å². The van der Waals surface area contributed by atoms with Crippen LogP contribution in [0.4, 0.5) is 0 Å². The average molecular weight is 643 g/mol. The highest BCUT2D eigenvalue weighted by Crippen LogP contribution is 2.67. The summed E-state index contributed by atoms with van der Waals surface area (Å²) in [6.07, 6.45) is 20.0. The maximum Gasteiger partial charge on any atom is 0.344 e. The first-order chi connectivity index (χ1) is 22.6. The molecule has 256 valence electrons. The van der Waals surface area contributed by atoms with E-state index in [-0.39, 0.29) is 29.7 Å². The SMILES string of the molecule is CC(C)CCCC(C)C1CCC2C3CC=C4CCC(OC(=O)COc5ccc6c7c(c(=O)oc6c5)CCCC7)CC4(C)C3CCC12C. The molecular formula is C42H58O5. The van der Waals surface area contributed by atoms with E-state index < -0.39 is 0 Å². The number of carbonyl (C=O) groups excluding carboxylic acids is 1. The first kappa shape index (κ1) is 33.0. The van der Waals surface area contributed by atoms with E-state index in [4.69, 9.17) is 13.9 Å². The zero-order valence-corrected chi connectivity index (χ0v) is 29.7. The molecule has 8 unspecified atom stereocenters. The summed E-state index contributed by atoms with van der Waals surface area (Å²) >= 11 is 0. The molecule has 0 aliphatic heterocycles. The van der Waals surface area contributed by atoms with Crippen LogP contribution in [0.25, 0.3) is 11.0 Å². The van der Waals surface area contributed by atoms with Crippen LogP contribution in [0.15, 0.2) is 39.1 Å². The smallest absolute Gasteiger partial charge is 0.344 e. The van der Waals surface area contributed by atoms with Gasteiger partial charge in [-0.3, -0.25) is 0 Å². The van der Waals surface area contributed by atoms with Crippen molar-refractivity contribution in [2.45, 2.75) is 137 Å². The fraction of sp³-hybridized carbons (Fsp3) is 0.714. The van der Waals surface area contributed by atoms with Crippen LogP contribution in [-0.2, 0) is 22.4 Å². The fourth-order valence-corrected chi connectivity index (χ4v) is 11.7. The number of carbonyl (C=O) groups is 1. The van der Waals surface area contributed by atoms with Gasteiger partial charge in [0.05, 0.1) is 0 Å². The van der Waals surface area contributed by atoms with Crippen LogP contribution < -0.4 is 10.4 Å². The minimum Gasteiger partial charge on any atom is -0.482 e. The molecule has 2 aromatic rings. The van der Waals surface area contributed by atoms with Crippen LogP contribution in [0.2, 0.25) is 0 Å². The molecule has 5 heteroatoms. The Morgan fingerprint density at radius 2 is 1.79 bits per heavy atom. The van der Waals surface area contributed by atoms with Gasteiger partial charge < -0.3 is 13.9 Å². The van der Waals surface area contributed by atoms with Crippen molar-refractivity contribution < 1.29 is 18.7 Å². The summed E-state index contributed by atoms with van der Waals surface area (Å²) in [6, 6.07) is 5.59. The lowest BCUT2D eigenvalue weighted by molar-refractivity contribution is -0.156. The van der Waals surface area contributed by atoms with Gasteiger partial charge in [0.1, 0.15) is 17.4 Å². The van der Waals surface area contributed by atoms with Gasteiger partial charge in [0.25, 0.3) is 0 Å². The van der Waals surface area contributed by atoms with Crippen molar-refractivity contribution in [2.75, 3.05) is 6.61 Å². The molecule has 8 atom stereocenters. The number of rotatable bonds is 9. The Labute approximate surface area is 282 Å². The summed E-state index contributed by atoms with van der Waals surface area (Å²) in [7, 11) is 0. The second-order valence-electron chi connectivity index (χ2n) is 17.1. The molecule has 1 heterocycles. The van der Waals surface area contributed by atoms with Gasteiger partial charge in [0.15, 0.2) is 6.61 Å². The maximum absolute atomic E-state index is 13.1.